The molecule has 0 amide bonds. The zero-order valence-corrected chi connectivity index (χ0v) is 32.6. The van der Waals surface area contributed by atoms with Crippen LogP contribution in [0.3, 0.4) is 0 Å². The molecule has 3 aromatic heterocycles. The lowest BCUT2D eigenvalue weighted by atomic mass is 9.89. The molecule has 6 heteroatoms. The van der Waals surface area contributed by atoms with Crippen LogP contribution >= 0.6 is 22.7 Å². The Bertz CT molecular complexity index is 3210. The number of amidine groups is 1. The Balaban J connectivity index is 0.973. The van der Waals surface area contributed by atoms with Crippen LogP contribution in [0, 0.1) is 0 Å². The predicted octanol–water partition coefficient (Wildman–Crippen LogP) is 13.1. The molecule has 272 valence electrons. The summed E-state index contributed by atoms with van der Waals surface area (Å²) >= 11 is 3.89. The molecule has 0 fully saturated rings. The molecular weight excluding hydrogens is 733 g/mol. The summed E-state index contributed by atoms with van der Waals surface area (Å²) in [5, 5.41) is 14.0. The van der Waals surface area contributed by atoms with Crippen molar-refractivity contribution < 1.29 is 0 Å². The molecule has 10 aromatic rings. The van der Waals surface area contributed by atoms with E-state index in [-0.39, 0.29) is 12.3 Å². The van der Waals surface area contributed by atoms with Crippen molar-refractivity contribution >= 4 is 86.1 Å². The molecule has 1 aliphatic heterocycles. The summed E-state index contributed by atoms with van der Waals surface area (Å²) in [5.74, 6) is 0.904. The maximum atomic E-state index is 5.25. The number of nitrogens with one attached hydrogen (secondary N) is 2. The monoisotopic (exact) mass is 768 g/mol. The van der Waals surface area contributed by atoms with Gasteiger partial charge in [0.2, 0.25) is 0 Å². The van der Waals surface area contributed by atoms with E-state index in [4.69, 9.17) is 4.99 Å². The number of para-hydroxylation sites is 2. The lowest BCUT2D eigenvalue weighted by Gasteiger charge is -2.32. The highest BCUT2D eigenvalue weighted by Gasteiger charge is 2.28. The zero-order valence-electron chi connectivity index (χ0n) is 30.9. The predicted molar refractivity (Wildman–Crippen MR) is 242 cm³/mol. The number of hydrogen-bond donors (Lipinski definition) is 2. The van der Waals surface area contributed by atoms with Gasteiger partial charge >= 0.3 is 0 Å². The van der Waals surface area contributed by atoms with Gasteiger partial charge in [-0.1, -0.05) is 146 Å². The lowest BCUT2D eigenvalue weighted by molar-refractivity contribution is 0.409. The van der Waals surface area contributed by atoms with Crippen LogP contribution < -0.4 is 10.6 Å². The van der Waals surface area contributed by atoms with E-state index in [1.165, 1.54) is 90.5 Å². The van der Waals surface area contributed by atoms with Crippen molar-refractivity contribution in [2.45, 2.75) is 25.2 Å². The zero-order chi connectivity index (χ0) is 37.5. The highest BCUT2D eigenvalue weighted by Crippen LogP contribution is 2.48. The average molecular weight is 769 g/mol. The standard InChI is InChI=1S/C51H36N4S2/c1-3-14-31(15-4-1)49-52-50(32-16-5-2-6-17-32)54-51(53-49)33-28-29-40-45(30-33)56-44-27-13-20-36(46(40)44)37-21-11-22-38-39-23-12-26-43(48(39)57-47(37)38)55-41-24-9-7-18-34(41)35-19-8-10-25-42(35)55/h1-12,14-26,28-30,49,51,53H,13,27H2,(H,52,54). The number of benzene rings is 7. The Morgan fingerprint density at radius 2 is 1.26 bits per heavy atom. The van der Waals surface area contributed by atoms with Crippen molar-refractivity contribution in [2.24, 2.45) is 4.99 Å². The molecule has 0 saturated heterocycles. The first-order valence-electron chi connectivity index (χ1n) is 19.7. The Hall–Kier alpha value is -6.31. The second-order valence-electron chi connectivity index (χ2n) is 15.0. The maximum absolute atomic E-state index is 5.25. The summed E-state index contributed by atoms with van der Waals surface area (Å²) in [6.07, 6.45) is 4.33. The fourth-order valence-electron chi connectivity index (χ4n) is 9.16. The summed E-state index contributed by atoms with van der Waals surface area (Å²) in [6, 6.07) is 59.4. The van der Waals surface area contributed by atoms with Crippen LogP contribution in [0.15, 0.2) is 175 Å². The van der Waals surface area contributed by atoms with Crippen molar-refractivity contribution in [1.29, 1.82) is 0 Å². The second kappa shape index (κ2) is 13.1. The summed E-state index contributed by atoms with van der Waals surface area (Å²) in [5.41, 5.74) is 11.3. The highest BCUT2D eigenvalue weighted by molar-refractivity contribution is 7.26. The van der Waals surface area contributed by atoms with E-state index in [0.29, 0.717) is 0 Å². The average Bonchev–Trinajstić information content (AvgIpc) is 3.96. The fourth-order valence-corrected chi connectivity index (χ4v) is 11.8. The van der Waals surface area contributed by atoms with Gasteiger partial charge in [0.05, 0.1) is 21.4 Å². The Morgan fingerprint density at radius 1 is 0.579 bits per heavy atom. The van der Waals surface area contributed by atoms with Gasteiger partial charge in [0.1, 0.15) is 18.2 Å². The molecule has 2 unspecified atom stereocenters. The van der Waals surface area contributed by atoms with E-state index in [1.54, 1.807) is 0 Å². The van der Waals surface area contributed by atoms with E-state index in [0.717, 1.165) is 24.2 Å². The SMILES string of the molecule is C1=C(c2cccc3c2sc2c(-n4c5ccccc5c5ccccc54)cccc23)c2c(sc3cc(C4N=C(c5ccccc5)NC(c5ccccc5)N4)ccc23)CC1. The van der Waals surface area contributed by atoms with E-state index in [1.807, 2.05) is 22.7 Å². The topological polar surface area (TPSA) is 41.4 Å². The van der Waals surface area contributed by atoms with Crippen molar-refractivity contribution in [2.75, 3.05) is 0 Å². The van der Waals surface area contributed by atoms with Gasteiger partial charge < -0.3 is 9.88 Å². The summed E-state index contributed by atoms with van der Waals surface area (Å²) in [6.45, 7) is 0. The molecule has 2 atom stereocenters. The molecule has 1 aliphatic carbocycles. The number of allylic oxidation sites excluding steroid dienone is 1. The number of thiophene rings is 2. The van der Waals surface area contributed by atoms with Gasteiger partial charge in [-0.15, -0.1) is 22.7 Å². The first-order chi connectivity index (χ1) is 28.3. The summed E-state index contributed by atoms with van der Waals surface area (Å²) in [4.78, 5) is 6.72. The van der Waals surface area contributed by atoms with Crippen molar-refractivity contribution in [1.82, 2.24) is 15.2 Å². The third-order valence-corrected chi connectivity index (χ3v) is 14.2. The molecule has 4 nitrogen and oxygen atoms in total. The molecule has 0 spiro atoms. The van der Waals surface area contributed by atoms with Gasteiger partial charge in [-0.3, -0.25) is 5.32 Å². The summed E-state index contributed by atoms with van der Waals surface area (Å²) in [7, 11) is 0. The lowest BCUT2D eigenvalue weighted by Crippen LogP contribution is -2.44. The number of fused-ring (bicyclic) bond motifs is 9. The van der Waals surface area contributed by atoms with Crippen LogP contribution in [0.2, 0.25) is 0 Å². The van der Waals surface area contributed by atoms with Gasteiger partial charge in [0.25, 0.3) is 0 Å². The second-order valence-corrected chi connectivity index (χ2v) is 17.2. The molecule has 4 heterocycles. The number of rotatable bonds is 5. The van der Waals surface area contributed by atoms with Crippen LogP contribution in [0.1, 0.15) is 51.4 Å². The third kappa shape index (κ3) is 5.25. The van der Waals surface area contributed by atoms with Gasteiger partial charge in [0, 0.05) is 52.3 Å². The largest absolute Gasteiger partial charge is 0.350 e. The van der Waals surface area contributed by atoms with E-state index in [2.05, 4.69) is 185 Å². The van der Waals surface area contributed by atoms with Crippen molar-refractivity contribution in [3.8, 4) is 5.69 Å². The van der Waals surface area contributed by atoms with E-state index in [9.17, 15) is 0 Å². The Kier molecular flexibility index (Phi) is 7.58. The van der Waals surface area contributed by atoms with E-state index >= 15 is 0 Å². The minimum absolute atomic E-state index is 0.0667. The molecule has 7 aromatic carbocycles. The maximum Gasteiger partial charge on any atom is 0.131 e. The molecule has 12 rings (SSSR count). The van der Waals surface area contributed by atoms with Gasteiger partial charge in [0.15, 0.2) is 0 Å². The summed E-state index contributed by atoms with van der Waals surface area (Å²) < 4.78 is 6.46. The molecule has 2 aliphatic rings. The molecule has 2 N–H and O–H groups in total. The van der Waals surface area contributed by atoms with Crippen LogP contribution in [0.4, 0.5) is 0 Å². The van der Waals surface area contributed by atoms with Gasteiger partial charge in [-0.25, -0.2) is 4.99 Å². The first-order valence-corrected chi connectivity index (χ1v) is 21.3. The van der Waals surface area contributed by atoms with Crippen molar-refractivity contribution in [3.63, 3.8) is 0 Å². The number of hydrogen-bond acceptors (Lipinski definition) is 5. The van der Waals surface area contributed by atoms with Gasteiger partial charge in [-0.2, -0.15) is 0 Å². The van der Waals surface area contributed by atoms with Crippen LogP contribution in [-0.4, -0.2) is 10.4 Å². The Labute approximate surface area is 338 Å². The number of nitrogens with zero attached hydrogens (tertiary/aromatic N) is 2. The number of aromatic nitrogens is 1. The molecule has 0 radical (unpaired) electrons. The minimum Gasteiger partial charge on any atom is -0.350 e. The van der Waals surface area contributed by atoms with Gasteiger partial charge in [-0.05, 0) is 59.4 Å². The fraction of sp³-hybridized carbons (Fsp3) is 0.0784. The van der Waals surface area contributed by atoms with E-state index < -0.39 is 0 Å². The third-order valence-electron chi connectivity index (χ3n) is 11.8. The normalized spacial score (nSPS) is 16.9. The minimum atomic E-state index is -0.193. The van der Waals surface area contributed by atoms with Crippen LogP contribution in [-0.2, 0) is 6.42 Å². The molecule has 0 bridgehead atoms. The van der Waals surface area contributed by atoms with Crippen molar-refractivity contribution in [3.05, 3.63) is 203 Å². The Morgan fingerprint density at radius 3 is 2.05 bits per heavy atom. The first kappa shape index (κ1) is 32.9. The highest BCUT2D eigenvalue weighted by atomic mass is 32.1. The quantitative estimate of drug-likeness (QED) is 0.183. The smallest absolute Gasteiger partial charge is 0.131 e. The number of aryl methyl sites for hydroxylation is 1. The van der Waals surface area contributed by atoms with Crippen LogP contribution in [0.5, 0.6) is 0 Å². The molecular formula is C51H36N4S2. The molecule has 57 heavy (non-hydrogen) atoms. The number of aliphatic imine (C=N–C) groups is 1. The van der Waals surface area contributed by atoms with Crippen LogP contribution in [0.25, 0.3) is 63.3 Å². The molecule has 0 saturated carbocycles.